The Labute approximate surface area is 339 Å². The van der Waals surface area contributed by atoms with Crippen LogP contribution in [0.25, 0.3) is 0 Å². The van der Waals surface area contributed by atoms with E-state index in [1.54, 1.807) is 36.9 Å². The van der Waals surface area contributed by atoms with Crippen LogP contribution >= 0.6 is 0 Å². The number of esters is 1. The number of anilines is 1. The predicted molar refractivity (Wildman–Crippen MR) is 228 cm³/mol. The van der Waals surface area contributed by atoms with Crippen LogP contribution in [0.5, 0.6) is 5.75 Å². The molecule has 0 radical (unpaired) electrons. The minimum Gasteiger partial charge on any atom is -0.488 e. The second-order valence-electron chi connectivity index (χ2n) is 16.9. The van der Waals surface area contributed by atoms with E-state index in [0.29, 0.717) is 16.8 Å². The quantitative estimate of drug-likeness (QED) is 0.110. The van der Waals surface area contributed by atoms with Crippen LogP contribution in [0.2, 0.25) is 0 Å². The number of hydrogen-bond acceptors (Lipinski definition) is 6. The molecule has 0 spiro atoms. The van der Waals surface area contributed by atoms with Gasteiger partial charge < -0.3 is 14.4 Å². The summed E-state index contributed by atoms with van der Waals surface area (Å²) >= 11 is 0. The molecular formula is C48H56N2O6S. The van der Waals surface area contributed by atoms with E-state index in [-0.39, 0.29) is 46.8 Å². The van der Waals surface area contributed by atoms with E-state index in [1.807, 2.05) is 79.7 Å². The van der Waals surface area contributed by atoms with Crippen LogP contribution in [0.1, 0.15) is 96.4 Å². The van der Waals surface area contributed by atoms with E-state index in [4.69, 9.17) is 9.47 Å². The third-order valence-electron chi connectivity index (χ3n) is 9.94. The predicted octanol–water partition coefficient (Wildman–Crippen LogP) is 10.00. The second-order valence-corrected chi connectivity index (χ2v) is 18.9. The molecule has 5 rings (SSSR count). The summed E-state index contributed by atoms with van der Waals surface area (Å²) in [5.74, 6) is -0.790. The summed E-state index contributed by atoms with van der Waals surface area (Å²) < 4.78 is 41.3. The van der Waals surface area contributed by atoms with Crippen molar-refractivity contribution in [3.63, 3.8) is 0 Å². The van der Waals surface area contributed by atoms with Gasteiger partial charge >= 0.3 is 5.97 Å². The molecule has 0 saturated carbocycles. The normalized spacial score (nSPS) is 12.1. The number of rotatable bonds is 13. The van der Waals surface area contributed by atoms with Crippen molar-refractivity contribution < 1.29 is 27.5 Å². The fourth-order valence-electron chi connectivity index (χ4n) is 6.75. The topological polar surface area (TPSA) is 93.2 Å². The van der Waals surface area contributed by atoms with Crippen molar-refractivity contribution >= 4 is 27.6 Å². The van der Waals surface area contributed by atoms with Gasteiger partial charge in [0.2, 0.25) is 15.9 Å². The van der Waals surface area contributed by atoms with Crippen LogP contribution in [0.15, 0.2) is 114 Å². The lowest BCUT2D eigenvalue weighted by Gasteiger charge is -2.30. The van der Waals surface area contributed by atoms with E-state index >= 15 is 0 Å². The highest BCUT2D eigenvalue weighted by molar-refractivity contribution is 7.89. The van der Waals surface area contributed by atoms with Crippen molar-refractivity contribution in [2.75, 3.05) is 18.5 Å². The zero-order valence-electron chi connectivity index (χ0n) is 35.0. The maximum absolute atomic E-state index is 14.7. The Morgan fingerprint density at radius 2 is 1.18 bits per heavy atom. The minimum absolute atomic E-state index is 0.0745. The first-order valence-electron chi connectivity index (χ1n) is 19.3. The summed E-state index contributed by atoms with van der Waals surface area (Å²) in [5, 5.41) is 0. The lowest BCUT2D eigenvalue weighted by molar-refractivity contribution is -0.118. The van der Waals surface area contributed by atoms with Crippen LogP contribution in [-0.2, 0) is 50.1 Å². The van der Waals surface area contributed by atoms with Crippen molar-refractivity contribution in [2.45, 2.75) is 97.8 Å². The molecule has 9 heteroatoms. The Hall–Kier alpha value is -5.25. The second kappa shape index (κ2) is 17.5. The lowest BCUT2D eigenvalue weighted by atomic mass is 9.79. The van der Waals surface area contributed by atoms with Gasteiger partial charge in [0.25, 0.3) is 0 Å². The van der Waals surface area contributed by atoms with Crippen molar-refractivity contribution in [1.29, 1.82) is 0 Å². The number of likely N-dealkylation sites (N-methyl/N-ethyl adjacent to an activating group) is 1. The maximum atomic E-state index is 14.7. The average molecular weight is 789 g/mol. The van der Waals surface area contributed by atoms with Gasteiger partial charge in [0.05, 0.1) is 18.0 Å². The minimum atomic E-state index is -4.05. The molecule has 1 amide bonds. The molecule has 0 bridgehead atoms. The monoisotopic (exact) mass is 788 g/mol. The van der Waals surface area contributed by atoms with Gasteiger partial charge in [0.15, 0.2) is 0 Å². The highest BCUT2D eigenvalue weighted by Gasteiger charge is 2.30. The highest BCUT2D eigenvalue weighted by atomic mass is 32.2. The van der Waals surface area contributed by atoms with Crippen molar-refractivity contribution in [2.24, 2.45) is 0 Å². The fraction of sp³-hybridized carbons (Fsp3) is 0.333. The third-order valence-corrected chi connectivity index (χ3v) is 12.1. The highest BCUT2D eigenvalue weighted by Crippen LogP contribution is 2.34. The van der Waals surface area contributed by atoms with Gasteiger partial charge in [-0.15, -0.1) is 0 Å². The number of amides is 1. The van der Waals surface area contributed by atoms with E-state index < -0.39 is 28.4 Å². The van der Waals surface area contributed by atoms with Crippen LogP contribution in [0.3, 0.4) is 0 Å². The molecule has 5 aromatic carbocycles. The first kappa shape index (κ1) is 42.9. The number of nitrogens with zero attached hydrogens (tertiary/aromatic N) is 2. The number of ether oxygens (including phenoxy) is 2. The summed E-state index contributed by atoms with van der Waals surface area (Å²) in [7, 11) is -2.61. The number of benzene rings is 5. The summed E-state index contributed by atoms with van der Waals surface area (Å²) in [5.41, 5.74) is 7.33. The van der Waals surface area contributed by atoms with Crippen LogP contribution < -0.4 is 9.64 Å². The fourth-order valence-corrected chi connectivity index (χ4v) is 8.27. The Morgan fingerprint density at radius 1 is 0.649 bits per heavy atom. The SMILES string of the molecule is Cc1cc(C)c(S(=O)(=O)N(C)CC(=O)N(Cc2cc(C(C)(C)C)cc(C(C)(C)C)c2)c2ccc(C(=O)OCc3ccccc3)c(OCc3ccccc3)c2)c(C)c1. The molecule has 0 N–H and O–H groups in total. The largest absolute Gasteiger partial charge is 0.488 e. The van der Waals surface area contributed by atoms with E-state index in [1.165, 1.54) is 7.05 Å². The molecule has 8 nitrogen and oxygen atoms in total. The third kappa shape index (κ3) is 10.8. The molecule has 0 fully saturated rings. The van der Waals surface area contributed by atoms with E-state index in [0.717, 1.165) is 37.7 Å². The van der Waals surface area contributed by atoms with Gasteiger partial charge in [-0.25, -0.2) is 13.2 Å². The summed E-state index contributed by atoms with van der Waals surface area (Å²) in [6, 6.07) is 34.1. The lowest BCUT2D eigenvalue weighted by Crippen LogP contribution is -2.41. The molecule has 0 heterocycles. The standard InChI is InChI=1S/C48H56N2O6S/c1-33-23-34(2)45(35(3)24-33)57(53,54)49(10)30-44(51)50(29-38-25-39(47(4,5)6)27-40(26-38)48(7,8)9)41-21-22-42(46(52)56-32-37-19-15-12-16-20-37)43(28-41)55-31-36-17-13-11-14-18-36/h11-28H,29-32H2,1-10H3. The van der Waals surface area contributed by atoms with E-state index in [9.17, 15) is 18.0 Å². The Kier molecular flexibility index (Phi) is 13.2. The molecule has 0 aliphatic carbocycles. The summed E-state index contributed by atoms with van der Waals surface area (Å²) in [6.45, 7) is 18.3. The van der Waals surface area contributed by atoms with Gasteiger partial charge in [-0.3, -0.25) is 4.79 Å². The number of sulfonamides is 1. The molecule has 0 aliphatic heterocycles. The number of hydrogen-bond donors (Lipinski definition) is 0. The molecule has 0 atom stereocenters. The van der Waals surface area contributed by atoms with Crippen LogP contribution in [0, 0.1) is 20.8 Å². The number of carbonyl (C=O) groups is 2. The van der Waals surface area contributed by atoms with Gasteiger partial charge in [-0.1, -0.05) is 138 Å². The van der Waals surface area contributed by atoms with E-state index in [2.05, 4.69) is 59.7 Å². The number of carbonyl (C=O) groups excluding carboxylic acids is 2. The molecule has 300 valence electrons. The molecule has 0 unspecified atom stereocenters. The summed E-state index contributed by atoms with van der Waals surface area (Å²) in [4.78, 5) is 30.1. The number of aryl methyl sites for hydroxylation is 3. The van der Waals surface area contributed by atoms with Crippen molar-refractivity contribution in [1.82, 2.24) is 4.31 Å². The molecule has 5 aromatic rings. The first-order chi connectivity index (χ1) is 26.7. The molecular weight excluding hydrogens is 733 g/mol. The van der Waals surface area contributed by atoms with Gasteiger partial charge in [-0.2, -0.15) is 4.31 Å². The molecule has 0 saturated heterocycles. The van der Waals surface area contributed by atoms with Gasteiger partial charge in [0, 0.05) is 18.8 Å². The Bertz CT molecular complexity index is 2270. The Morgan fingerprint density at radius 3 is 1.70 bits per heavy atom. The van der Waals surface area contributed by atoms with Gasteiger partial charge in [0.1, 0.15) is 24.5 Å². The summed E-state index contributed by atoms with van der Waals surface area (Å²) in [6.07, 6.45) is 0. The zero-order valence-corrected chi connectivity index (χ0v) is 35.8. The molecule has 0 aromatic heterocycles. The average Bonchev–Trinajstić information content (AvgIpc) is 3.14. The van der Waals surface area contributed by atoms with Gasteiger partial charge in [-0.05, 0) is 82.7 Å². The first-order valence-corrected chi connectivity index (χ1v) is 20.7. The smallest absolute Gasteiger partial charge is 0.342 e. The Balaban J connectivity index is 1.59. The maximum Gasteiger partial charge on any atom is 0.342 e. The van der Waals surface area contributed by atoms with Crippen molar-refractivity contribution in [3.8, 4) is 5.75 Å². The zero-order chi connectivity index (χ0) is 41.7. The molecule has 0 aliphatic rings. The van der Waals surface area contributed by atoms with Crippen LogP contribution in [0.4, 0.5) is 5.69 Å². The van der Waals surface area contributed by atoms with Crippen LogP contribution in [-0.4, -0.2) is 38.2 Å². The van der Waals surface area contributed by atoms with Crippen molar-refractivity contribution in [3.05, 3.63) is 159 Å². The molecule has 57 heavy (non-hydrogen) atoms.